The molecule has 0 aromatic carbocycles. The lowest BCUT2D eigenvalue weighted by molar-refractivity contribution is -0.0652. The first-order chi connectivity index (χ1) is 6.91. The molecule has 1 rings (SSSR count). The number of aliphatic hydroxyl groups is 1. The number of ether oxygens (including phenoxy) is 2. The van der Waals surface area contributed by atoms with Gasteiger partial charge in [0.15, 0.2) is 0 Å². The lowest BCUT2D eigenvalue weighted by atomic mass is 9.94. The van der Waals surface area contributed by atoms with Crippen LogP contribution in [0.2, 0.25) is 0 Å². The van der Waals surface area contributed by atoms with Gasteiger partial charge in [0.1, 0.15) is 0 Å². The molecular formula is C12H24O3. The number of hydrogen-bond acceptors (Lipinski definition) is 3. The zero-order chi connectivity index (χ0) is 11.5. The average molecular weight is 216 g/mol. The van der Waals surface area contributed by atoms with E-state index in [1.54, 1.807) is 0 Å². The Kier molecular flexibility index (Phi) is 4.15. The highest BCUT2D eigenvalue weighted by molar-refractivity contribution is 4.90. The van der Waals surface area contributed by atoms with E-state index in [0.717, 1.165) is 19.3 Å². The van der Waals surface area contributed by atoms with E-state index in [9.17, 15) is 5.11 Å². The first kappa shape index (κ1) is 12.9. The number of aliphatic hydroxyl groups excluding tert-OH is 1. The Bertz CT molecular complexity index is 198. The minimum absolute atomic E-state index is 0.102. The molecule has 1 N–H and O–H groups in total. The molecule has 3 nitrogen and oxygen atoms in total. The van der Waals surface area contributed by atoms with Crippen molar-refractivity contribution in [1.82, 2.24) is 0 Å². The van der Waals surface area contributed by atoms with Crippen molar-refractivity contribution in [2.45, 2.75) is 64.3 Å². The Labute approximate surface area is 92.8 Å². The van der Waals surface area contributed by atoms with E-state index in [-0.39, 0.29) is 23.9 Å². The average Bonchev–Trinajstić information content (AvgIpc) is 2.47. The van der Waals surface area contributed by atoms with E-state index in [1.807, 2.05) is 20.8 Å². The highest BCUT2D eigenvalue weighted by atomic mass is 16.6. The van der Waals surface area contributed by atoms with Crippen molar-refractivity contribution in [2.75, 3.05) is 13.2 Å². The molecule has 1 saturated heterocycles. The van der Waals surface area contributed by atoms with Crippen LogP contribution in [0.3, 0.4) is 0 Å². The van der Waals surface area contributed by atoms with Crippen LogP contribution in [0, 0.1) is 0 Å². The van der Waals surface area contributed by atoms with Crippen LogP contribution in [0.15, 0.2) is 0 Å². The standard InChI is InChI=1S/C12H24O3/c1-5-6-12(9-13)7-10(8-14-12)15-11(2,3)4/h10,13H,5-9H2,1-4H3. The van der Waals surface area contributed by atoms with Crippen LogP contribution >= 0.6 is 0 Å². The fourth-order valence-corrected chi connectivity index (χ4v) is 2.20. The molecule has 0 saturated carbocycles. The van der Waals surface area contributed by atoms with Crippen molar-refractivity contribution in [1.29, 1.82) is 0 Å². The first-order valence-electron chi connectivity index (χ1n) is 5.83. The zero-order valence-corrected chi connectivity index (χ0v) is 10.4. The molecule has 0 bridgehead atoms. The van der Waals surface area contributed by atoms with E-state index in [0.29, 0.717) is 6.61 Å². The van der Waals surface area contributed by atoms with Gasteiger partial charge in [0, 0.05) is 6.42 Å². The predicted octanol–water partition coefficient (Wildman–Crippen LogP) is 2.12. The van der Waals surface area contributed by atoms with Gasteiger partial charge in [-0.05, 0) is 27.2 Å². The van der Waals surface area contributed by atoms with E-state index in [4.69, 9.17) is 9.47 Å². The fourth-order valence-electron chi connectivity index (χ4n) is 2.20. The largest absolute Gasteiger partial charge is 0.393 e. The highest BCUT2D eigenvalue weighted by Gasteiger charge is 2.40. The molecule has 3 heteroatoms. The smallest absolute Gasteiger partial charge is 0.0938 e. The topological polar surface area (TPSA) is 38.7 Å². The summed E-state index contributed by atoms with van der Waals surface area (Å²) in [5.74, 6) is 0. The molecule has 0 spiro atoms. The summed E-state index contributed by atoms with van der Waals surface area (Å²) in [5, 5.41) is 9.38. The summed E-state index contributed by atoms with van der Waals surface area (Å²) in [7, 11) is 0. The van der Waals surface area contributed by atoms with E-state index in [2.05, 4.69) is 6.92 Å². The van der Waals surface area contributed by atoms with Crippen molar-refractivity contribution in [3.8, 4) is 0 Å². The van der Waals surface area contributed by atoms with Crippen LogP contribution in [-0.4, -0.2) is 35.6 Å². The molecule has 0 amide bonds. The van der Waals surface area contributed by atoms with Crippen LogP contribution in [0.1, 0.15) is 47.0 Å². The summed E-state index contributed by atoms with van der Waals surface area (Å²) < 4.78 is 11.6. The van der Waals surface area contributed by atoms with E-state index in [1.165, 1.54) is 0 Å². The van der Waals surface area contributed by atoms with Crippen LogP contribution in [-0.2, 0) is 9.47 Å². The molecule has 0 aromatic rings. The maximum absolute atomic E-state index is 9.38. The molecule has 0 aliphatic carbocycles. The van der Waals surface area contributed by atoms with Gasteiger partial charge >= 0.3 is 0 Å². The normalized spacial score (nSPS) is 32.2. The SMILES string of the molecule is CCCC1(CO)CC(OC(C)(C)C)CO1. The van der Waals surface area contributed by atoms with Crippen molar-refractivity contribution in [2.24, 2.45) is 0 Å². The van der Waals surface area contributed by atoms with E-state index < -0.39 is 0 Å². The van der Waals surface area contributed by atoms with Gasteiger partial charge in [-0.1, -0.05) is 13.3 Å². The van der Waals surface area contributed by atoms with Crippen LogP contribution < -0.4 is 0 Å². The summed E-state index contributed by atoms with van der Waals surface area (Å²) in [4.78, 5) is 0. The van der Waals surface area contributed by atoms with Crippen LogP contribution in [0.25, 0.3) is 0 Å². The highest BCUT2D eigenvalue weighted by Crippen LogP contribution is 2.33. The van der Waals surface area contributed by atoms with Gasteiger partial charge in [-0.25, -0.2) is 0 Å². The number of hydrogen-bond donors (Lipinski definition) is 1. The molecule has 90 valence electrons. The molecule has 2 unspecified atom stereocenters. The molecular weight excluding hydrogens is 192 g/mol. The maximum Gasteiger partial charge on any atom is 0.0938 e. The minimum atomic E-state index is -0.343. The third-order valence-corrected chi connectivity index (χ3v) is 2.69. The Hall–Kier alpha value is -0.120. The molecule has 0 radical (unpaired) electrons. The van der Waals surface area contributed by atoms with Gasteiger partial charge in [-0.3, -0.25) is 0 Å². The van der Waals surface area contributed by atoms with Gasteiger partial charge in [0.25, 0.3) is 0 Å². The zero-order valence-electron chi connectivity index (χ0n) is 10.4. The molecule has 15 heavy (non-hydrogen) atoms. The van der Waals surface area contributed by atoms with Crippen LogP contribution in [0.5, 0.6) is 0 Å². The first-order valence-corrected chi connectivity index (χ1v) is 5.83. The minimum Gasteiger partial charge on any atom is -0.393 e. The quantitative estimate of drug-likeness (QED) is 0.782. The maximum atomic E-state index is 9.38. The Morgan fingerprint density at radius 3 is 2.60 bits per heavy atom. The Balaban J connectivity index is 2.49. The summed E-state index contributed by atoms with van der Waals surface area (Å²) in [5.41, 5.74) is -0.476. The van der Waals surface area contributed by atoms with Gasteiger partial charge < -0.3 is 14.6 Å². The van der Waals surface area contributed by atoms with Gasteiger partial charge in [-0.2, -0.15) is 0 Å². The number of rotatable bonds is 4. The Morgan fingerprint density at radius 2 is 2.13 bits per heavy atom. The molecule has 1 fully saturated rings. The molecule has 0 aromatic heterocycles. The molecule has 1 aliphatic rings. The Morgan fingerprint density at radius 1 is 1.47 bits per heavy atom. The third-order valence-electron chi connectivity index (χ3n) is 2.69. The summed E-state index contributed by atoms with van der Waals surface area (Å²) >= 11 is 0. The fraction of sp³-hybridized carbons (Fsp3) is 1.00. The van der Waals surface area contributed by atoms with Crippen LogP contribution in [0.4, 0.5) is 0 Å². The van der Waals surface area contributed by atoms with Crippen molar-refractivity contribution in [3.63, 3.8) is 0 Å². The van der Waals surface area contributed by atoms with Gasteiger partial charge in [0.2, 0.25) is 0 Å². The third kappa shape index (κ3) is 3.74. The van der Waals surface area contributed by atoms with Gasteiger partial charge in [-0.15, -0.1) is 0 Å². The second-order valence-corrected chi connectivity index (χ2v) is 5.46. The molecule has 1 heterocycles. The lowest BCUT2D eigenvalue weighted by Crippen LogP contribution is -2.34. The summed E-state index contributed by atoms with van der Waals surface area (Å²) in [6.07, 6.45) is 2.88. The summed E-state index contributed by atoms with van der Waals surface area (Å²) in [6, 6.07) is 0. The van der Waals surface area contributed by atoms with Crippen molar-refractivity contribution in [3.05, 3.63) is 0 Å². The monoisotopic (exact) mass is 216 g/mol. The van der Waals surface area contributed by atoms with E-state index >= 15 is 0 Å². The predicted molar refractivity (Wildman–Crippen MR) is 59.9 cm³/mol. The van der Waals surface area contributed by atoms with Crippen molar-refractivity contribution < 1.29 is 14.6 Å². The second-order valence-electron chi connectivity index (χ2n) is 5.46. The van der Waals surface area contributed by atoms with Gasteiger partial charge in [0.05, 0.1) is 30.5 Å². The lowest BCUT2D eigenvalue weighted by Gasteiger charge is -2.27. The molecule has 1 aliphatic heterocycles. The summed E-state index contributed by atoms with van der Waals surface area (Å²) in [6.45, 7) is 8.96. The van der Waals surface area contributed by atoms with Crippen molar-refractivity contribution >= 4 is 0 Å². The second kappa shape index (κ2) is 4.81. The molecule has 2 atom stereocenters.